The second kappa shape index (κ2) is 6.20. The van der Waals surface area contributed by atoms with E-state index in [0.29, 0.717) is 0 Å². The molecule has 2 rings (SSSR count). The number of thiophene rings is 1. The van der Waals surface area contributed by atoms with Crippen LogP contribution in [0.2, 0.25) is 0 Å². The van der Waals surface area contributed by atoms with Gasteiger partial charge >= 0.3 is 0 Å². The van der Waals surface area contributed by atoms with Gasteiger partial charge in [-0.2, -0.15) is 0 Å². The highest BCUT2D eigenvalue weighted by molar-refractivity contribution is 9.13. The number of hydrogen-bond acceptors (Lipinski definition) is 2. The third-order valence-corrected chi connectivity index (χ3v) is 6.28. The molecule has 0 aliphatic rings. The Balaban J connectivity index is 2.19. The van der Waals surface area contributed by atoms with E-state index in [-0.39, 0.29) is 11.9 Å². The smallest absolute Gasteiger partial charge is 0.264 e. The molecule has 1 unspecified atom stereocenters. The Morgan fingerprint density at radius 1 is 1.26 bits per heavy atom. The van der Waals surface area contributed by atoms with Crippen LogP contribution in [-0.2, 0) is 0 Å². The molecule has 19 heavy (non-hydrogen) atoms. The maximum Gasteiger partial charge on any atom is 0.264 e. The lowest BCUT2D eigenvalue weighted by Gasteiger charge is -2.24. The molecule has 2 aromatic rings. The molecule has 0 bridgehead atoms. The van der Waals surface area contributed by atoms with Crippen molar-refractivity contribution < 1.29 is 4.79 Å². The number of carbonyl (C=O) groups excluding carboxylic acids is 1. The van der Waals surface area contributed by atoms with Gasteiger partial charge in [0.2, 0.25) is 0 Å². The minimum atomic E-state index is 0.0350. The largest absolute Gasteiger partial charge is 0.334 e. The average Bonchev–Trinajstić information content (AvgIpc) is 2.77. The van der Waals surface area contributed by atoms with Crippen LogP contribution in [0.3, 0.4) is 0 Å². The Hall–Kier alpha value is -0.650. The molecular weight excluding hydrogens is 390 g/mol. The van der Waals surface area contributed by atoms with Gasteiger partial charge in [0.15, 0.2) is 0 Å². The molecule has 0 aliphatic carbocycles. The van der Waals surface area contributed by atoms with E-state index < -0.39 is 0 Å². The van der Waals surface area contributed by atoms with Gasteiger partial charge in [-0.1, -0.05) is 30.3 Å². The van der Waals surface area contributed by atoms with Crippen molar-refractivity contribution in [3.63, 3.8) is 0 Å². The molecule has 1 heterocycles. The maximum absolute atomic E-state index is 12.4. The normalized spacial score (nSPS) is 12.2. The van der Waals surface area contributed by atoms with Gasteiger partial charge in [-0.3, -0.25) is 4.79 Å². The number of carbonyl (C=O) groups is 1. The van der Waals surface area contributed by atoms with Crippen molar-refractivity contribution >= 4 is 49.1 Å². The lowest BCUT2D eigenvalue weighted by molar-refractivity contribution is 0.0747. The lowest BCUT2D eigenvalue weighted by atomic mass is 10.1. The highest BCUT2D eigenvalue weighted by Gasteiger charge is 2.21. The SMILES string of the molecule is CC(c1ccccc1)N(C)C(=O)c1cc(Br)c(Br)s1. The number of halogens is 2. The lowest BCUT2D eigenvalue weighted by Crippen LogP contribution is -2.29. The molecule has 0 fully saturated rings. The van der Waals surface area contributed by atoms with Crippen LogP contribution in [0.4, 0.5) is 0 Å². The molecule has 0 radical (unpaired) electrons. The number of amides is 1. The second-order valence-corrected chi connectivity index (χ2v) is 7.46. The number of rotatable bonds is 3. The fourth-order valence-electron chi connectivity index (χ4n) is 1.76. The summed E-state index contributed by atoms with van der Waals surface area (Å²) in [6.07, 6.45) is 0. The molecule has 1 atom stereocenters. The van der Waals surface area contributed by atoms with Crippen LogP contribution in [0.1, 0.15) is 28.2 Å². The predicted molar refractivity (Wildman–Crippen MR) is 86.7 cm³/mol. The van der Waals surface area contributed by atoms with Gasteiger partial charge in [0.1, 0.15) is 0 Å². The summed E-state index contributed by atoms with van der Waals surface area (Å²) in [6.45, 7) is 2.03. The van der Waals surface area contributed by atoms with Crippen LogP contribution < -0.4 is 0 Å². The van der Waals surface area contributed by atoms with Crippen molar-refractivity contribution in [2.45, 2.75) is 13.0 Å². The first kappa shape index (κ1) is 14.8. The first-order valence-corrected chi connectivity index (χ1v) is 8.18. The molecule has 2 nitrogen and oxygen atoms in total. The summed E-state index contributed by atoms with van der Waals surface area (Å²) in [7, 11) is 1.83. The number of hydrogen-bond donors (Lipinski definition) is 0. The molecule has 0 N–H and O–H groups in total. The molecule has 1 aromatic heterocycles. The number of nitrogens with zero attached hydrogens (tertiary/aromatic N) is 1. The van der Waals surface area contributed by atoms with E-state index in [4.69, 9.17) is 0 Å². The third-order valence-electron chi connectivity index (χ3n) is 3.04. The van der Waals surface area contributed by atoms with Crippen molar-refractivity contribution in [1.82, 2.24) is 4.90 Å². The monoisotopic (exact) mass is 401 g/mol. The Labute approximate surface area is 133 Å². The van der Waals surface area contributed by atoms with Gasteiger partial charge in [0, 0.05) is 11.5 Å². The molecule has 5 heteroatoms. The Morgan fingerprint density at radius 3 is 2.42 bits per heavy atom. The van der Waals surface area contributed by atoms with E-state index >= 15 is 0 Å². The fourth-order valence-corrected chi connectivity index (χ4v) is 3.78. The zero-order valence-electron chi connectivity index (χ0n) is 10.6. The van der Waals surface area contributed by atoms with Crippen LogP contribution in [0.5, 0.6) is 0 Å². The molecule has 1 amide bonds. The summed E-state index contributed by atoms with van der Waals surface area (Å²) in [5.41, 5.74) is 1.13. The van der Waals surface area contributed by atoms with Crippen LogP contribution in [0, 0.1) is 0 Å². The molecule has 0 saturated carbocycles. The van der Waals surface area contributed by atoms with Crippen LogP contribution >= 0.6 is 43.2 Å². The van der Waals surface area contributed by atoms with Gasteiger partial charge in [0.25, 0.3) is 5.91 Å². The Morgan fingerprint density at radius 2 is 1.89 bits per heavy atom. The van der Waals surface area contributed by atoms with Gasteiger partial charge < -0.3 is 4.90 Å². The molecule has 0 aliphatic heterocycles. The summed E-state index contributed by atoms with van der Waals surface area (Å²) in [4.78, 5) is 14.9. The summed E-state index contributed by atoms with van der Waals surface area (Å²) >= 11 is 8.27. The van der Waals surface area contributed by atoms with Gasteiger partial charge in [0.05, 0.1) is 14.7 Å². The van der Waals surface area contributed by atoms with E-state index in [1.54, 1.807) is 4.90 Å². The summed E-state index contributed by atoms with van der Waals surface area (Å²) in [5, 5.41) is 0. The van der Waals surface area contributed by atoms with Crippen molar-refractivity contribution in [1.29, 1.82) is 0 Å². The average molecular weight is 403 g/mol. The first-order chi connectivity index (χ1) is 9.00. The van der Waals surface area contributed by atoms with E-state index in [2.05, 4.69) is 31.9 Å². The fraction of sp³-hybridized carbons (Fsp3) is 0.214. The van der Waals surface area contributed by atoms with E-state index in [1.807, 2.05) is 50.4 Å². The Bertz CT molecular complexity index is 563. The van der Waals surface area contributed by atoms with Crippen molar-refractivity contribution in [3.05, 3.63) is 55.1 Å². The molecule has 0 saturated heterocycles. The number of benzene rings is 1. The minimum absolute atomic E-state index is 0.0350. The summed E-state index contributed by atoms with van der Waals surface area (Å²) < 4.78 is 1.86. The van der Waals surface area contributed by atoms with Crippen molar-refractivity contribution in [3.8, 4) is 0 Å². The van der Waals surface area contributed by atoms with Crippen molar-refractivity contribution in [2.75, 3.05) is 7.05 Å². The molecule has 0 spiro atoms. The highest BCUT2D eigenvalue weighted by atomic mass is 79.9. The summed E-state index contributed by atoms with van der Waals surface area (Å²) in [6, 6.07) is 11.9. The van der Waals surface area contributed by atoms with Crippen LogP contribution in [0.15, 0.2) is 44.7 Å². The molecular formula is C14H13Br2NOS. The molecule has 1 aromatic carbocycles. The standard InChI is InChI=1S/C14H13Br2NOS/c1-9(10-6-4-3-5-7-10)17(2)14(18)12-8-11(15)13(16)19-12/h3-9H,1-2H3. The second-order valence-electron chi connectivity index (χ2n) is 4.24. The topological polar surface area (TPSA) is 20.3 Å². The zero-order valence-corrected chi connectivity index (χ0v) is 14.5. The van der Waals surface area contributed by atoms with Crippen LogP contribution in [-0.4, -0.2) is 17.9 Å². The van der Waals surface area contributed by atoms with Gasteiger partial charge in [-0.15, -0.1) is 11.3 Å². The van der Waals surface area contributed by atoms with E-state index in [0.717, 1.165) is 18.7 Å². The van der Waals surface area contributed by atoms with Crippen LogP contribution in [0.25, 0.3) is 0 Å². The van der Waals surface area contributed by atoms with E-state index in [1.165, 1.54) is 11.3 Å². The summed E-state index contributed by atoms with van der Waals surface area (Å²) in [5.74, 6) is 0.0350. The van der Waals surface area contributed by atoms with Gasteiger partial charge in [-0.05, 0) is 50.4 Å². The highest BCUT2D eigenvalue weighted by Crippen LogP contribution is 2.33. The van der Waals surface area contributed by atoms with E-state index in [9.17, 15) is 4.79 Å². The molecule has 100 valence electrons. The maximum atomic E-state index is 12.4. The third kappa shape index (κ3) is 3.27. The zero-order chi connectivity index (χ0) is 14.0. The first-order valence-electron chi connectivity index (χ1n) is 5.77. The minimum Gasteiger partial charge on any atom is -0.334 e. The predicted octanol–water partition coefficient (Wildman–Crippen LogP) is 5.11. The quantitative estimate of drug-likeness (QED) is 0.698. The van der Waals surface area contributed by atoms with Gasteiger partial charge in [-0.25, -0.2) is 0 Å². The van der Waals surface area contributed by atoms with Crippen molar-refractivity contribution in [2.24, 2.45) is 0 Å². The Kier molecular flexibility index (Phi) is 4.81.